The summed E-state index contributed by atoms with van der Waals surface area (Å²) in [5.74, 6) is 0.611. The molecule has 0 radical (unpaired) electrons. The summed E-state index contributed by atoms with van der Waals surface area (Å²) >= 11 is 5.87. The molecule has 3 rings (SSSR count). The minimum absolute atomic E-state index is 0.366. The number of aromatic nitrogens is 2. The van der Waals surface area contributed by atoms with Crippen molar-refractivity contribution in [2.24, 2.45) is 0 Å². The van der Waals surface area contributed by atoms with Crippen LogP contribution in [0.15, 0.2) is 24.3 Å². The molecule has 0 aliphatic heterocycles. The second kappa shape index (κ2) is 2.92. The van der Waals surface area contributed by atoms with Gasteiger partial charge in [0.05, 0.1) is 11.2 Å². The first kappa shape index (κ1) is 8.18. The molecule has 2 nitrogen and oxygen atoms in total. The van der Waals surface area contributed by atoms with E-state index in [2.05, 4.69) is 16.0 Å². The quantitative estimate of drug-likeness (QED) is 0.667. The Morgan fingerprint density at radius 1 is 1.14 bits per heavy atom. The standard InChI is InChI=1S/C11H9ClN2/c12-11-13-9-4-2-1-3-8(9)10(14-11)7-5-6-7/h1-4,7H,5-6H2. The van der Waals surface area contributed by atoms with Gasteiger partial charge in [-0.2, -0.15) is 0 Å². The lowest BCUT2D eigenvalue weighted by molar-refractivity contribution is 1.02. The minimum atomic E-state index is 0.366. The lowest BCUT2D eigenvalue weighted by Crippen LogP contribution is -1.92. The molecule has 0 atom stereocenters. The second-order valence-corrected chi connectivity index (χ2v) is 4.01. The number of nitrogens with zero attached hydrogens (tertiary/aromatic N) is 2. The molecule has 1 heterocycles. The van der Waals surface area contributed by atoms with Crippen LogP contribution in [0.4, 0.5) is 0 Å². The van der Waals surface area contributed by atoms with E-state index in [-0.39, 0.29) is 0 Å². The van der Waals surface area contributed by atoms with Crippen LogP contribution in [0, 0.1) is 0 Å². The van der Waals surface area contributed by atoms with Gasteiger partial charge in [-0.15, -0.1) is 0 Å². The molecule has 0 amide bonds. The third kappa shape index (κ3) is 1.26. The lowest BCUT2D eigenvalue weighted by Gasteiger charge is -2.03. The van der Waals surface area contributed by atoms with Crippen LogP contribution in [0.1, 0.15) is 24.5 Å². The summed E-state index contributed by atoms with van der Waals surface area (Å²) in [7, 11) is 0. The first-order valence-corrected chi connectivity index (χ1v) is 5.14. The number of fused-ring (bicyclic) bond motifs is 1. The smallest absolute Gasteiger partial charge is 0.222 e. The third-order valence-electron chi connectivity index (χ3n) is 2.57. The highest BCUT2D eigenvalue weighted by Gasteiger charge is 2.27. The fraction of sp³-hybridized carbons (Fsp3) is 0.273. The predicted molar refractivity (Wildman–Crippen MR) is 56.5 cm³/mol. The van der Waals surface area contributed by atoms with E-state index in [1.165, 1.54) is 12.8 Å². The molecule has 1 fully saturated rings. The van der Waals surface area contributed by atoms with Gasteiger partial charge in [0.15, 0.2) is 0 Å². The molecule has 70 valence electrons. The largest absolute Gasteiger partial charge is 0.223 e. The van der Waals surface area contributed by atoms with Crippen molar-refractivity contribution in [3.63, 3.8) is 0 Å². The van der Waals surface area contributed by atoms with Gasteiger partial charge in [-0.25, -0.2) is 9.97 Å². The molecule has 0 bridgehead atoms. The van der Waals surface area contributed by atoms with Gasteiger partial charge in [0.2, 0.25) is 5.28 Å². The molecule has 1 saturated carbocycles. The Labute approximate surface area is 86.9 Å². The van der Waals surface area contributed by atoms with Gasteiger partial charge in [0, 0.05) is 11.3 Å². The van der Waals surface area contributed by atoms with Crippen molar-refractivity contribution in [1.29, 1.82) is 0 Å². The Morgan fingerprint density at radius 2 is 1.93 bits per heavy atom. The maximum absolute atomic E-state index is 5.87. The number of rotatable bonds is 1. The van der Waals surface area contributed by atoms with Gasteiger partial charge in [0.25, 0.3) is 0 Å². The van der Waals surface area contributed by atoms with Crippen molar-refractivity contribution in [2.75, 3.05) is 0 Å². The zero-order valence-electron chi connectivity index (χ0n) is 7.57. The van der Waals surface area contributed by atoms with E-state index in [0.29, 0.717) is 11.2 Å². The van der Waals surface area contributed by atoms with Crippen molar-refractivity contribution in [1.82, 2.24) is 9.97 Å². The number of halogens is 1. The summed E-state index contributed by atoms with van der Waals surface area (Å²) in [4.78, 5) is 8.52. The molecule has 0 N–H and O–H groups in total. The van der Waals surface area contributed by atoms with Crippen molar-refractivity contribution in [2.45, 2.75) is 18.8 Å². The molecule has 2 aromatic rings. The SMILES string of the molecule is Clc1nc(C2CC2)c2ccccc2n1. The molecule has 1 aliphatic rings. The number of hydrogen-bond donors (Lipinski definition) is 0. The van der Waals surface area contributed by atoms with Gasteiger partial charge >= 0.3 is 0 Å². The average molecular weight is 205 g/mol. The van der Waals surface area contributed by atoms with Gasteiger partial charge in [-0.1, -0.05) is 18.2 Å². The van der Waals surface area contributed by atoms with Crippen LogP contribution in [0.2, 0.25) is 5.28 Å². The van der Waals surface area contributed by atoms with E-state index < -0.39 is 0 Å². The van der Waals surface area contributed by atoms with E-state index in [0.717, 1.165) is 16.6 Å². The predicted octanol–water partition coefficient (Wildman–Crippen LogP) is 3.16. The first-order chi connectivity index (χ1) is 6.84. The fourth-order valence-electron chi connectivity index (χ4n) is 1.74. The molecule has 14 heavy (non-hydrogen) atoms. The zero-order valence-corrected chi connectivity index (χ0v) is 8.33. The van der Waals surface area contributed by atoms with Crippen molar-refractivity contribution >= 4 is 22.5 Å². The van der Waals surface area contributed by atoms with Gasteiger partial charge in [-0.05, 0) is 30.5 Å². The van der Waals surface area contributed by atoms with Crippen LogP contribution in [0.5, 0.6) is 0 Å². The summed E-state index contributed by atoms with van der Waals surface area (Å²) in [6, 6.07) is 8.04. The molecule has 1 aromatic heterocycles. The van der Waals surface area contributed by atoms with E-state index in [9.17, 15) is 0 Å². The highest BCUT2D eigenvalue weighted by atomic mass is 35.5. The second-order valence-electron chi connectivity index (χ2n) is 3.67. The summed E-state index contributed by atoms with van der Waals surface area (Å²) < 4.78 is 0. The summed E-state index contributed by atoms with van der Waals surface area (Å²) in [5, 5.41) is 1.52. The van der Waals surface area contributed by atoms with E-state index in [1.54, 1.807) is 0 Å². The molecule has 0 spiro atoms. The van der Waals surface area contributed by atoms with Crippen LogP contribution < -0.4 is 0 Å². The Hall–Kier alpha value is -1.15. The van der Waals surface area contributed by atoms with Crippen molar-refractivity contribution < 1.29 is 0 Å². The van der Waals surface area contributed by atoms with Crippen LogP contribution in [-0.2, 0) is 0 Å². The highest BCUT2D eigenvalue weighted by molar-refractivity contribution is 6.28. The maximum atomic E-state index is 5.87. The van der Waals surface area contributed by atoms with E-state index >= 15 is 0 Å². The zero-order chi connectivity index (χ0) is 9.54. The Bertz CT molecular complexity index is 492. The fourth-order valence-corrected chi connectivity index (χ4v) is 1.92. The van der Waals surface area contributed by atoms with Crippen LogP contribution in [0.3, 0.4) is 0 Å². The monoisotopic (exact) mass is 204 g/mol. The molecule has 1 aromatic carbocycles. The third-order valence-corrected chi connectivity index (χ3v) is 2.74. The topological polar surface area (TPSA) is 25.8 Å². The molecule has 0 unspecified atom stereocenters. The number of hydrogen-bond acceptors (Lipinski definition) is 2. The van der Waals surface area contributed by atoms with Gasteiger partial charge in [0.1, 0.15) is 0 Å². The molecular weight excluding hydrogens is 196 g/mol. The normalized spacial score (nSPS) is 16.1. The van der Waals surface area contributed by atoms with Crippen molar-refractivity contribution in [3.05, 3.63) is 35.2 Å². The van der Waals surface area contributed by atoms with Gasteiger partial charge in [-0.3, -0.25) is 0 Å². The minimum Gasteiger partial charge on any atom is -0.222 e. The number of para-hydroxylation sites is 1. The van der Waals surface area contributed by atoms with Crippen LogP contribution in [-0.4, -0.2) is 9.97 Å². The van der Waals surface area contributed by atoms with Crippen molar-refractivity contribution in [3.8, 4) is 0 Å². The summed E-state index contributed by atoms with van der Waals surface area (Å²) in [5.41, 5.74) is 2.08. The lowest BCUT2D eigenvalue weighted by atomic mass is 10.1. The average Bonchev–Trinajstić information content (AvgIpc) is 2.99. The molecular formula is C11H9ClN2. The molecule has 0 saturated heterocycles. The van der Waals surface area contributed by atoms with E-state index in [4.69, 9.17) is 11.6 Å². The summed E-state index contributed by atoms with van der Waals surface area (Å²) in [6.45, 7) is 0. The van der Waals surface area contributed by atoms with Crippen LogP contribution >= 0.6 is 11.6 Å². The van der Waals surface area contributed by atoms with E-state index in [1.807, 2.05) is 18.2 Å². The summed E-state index contributed by atoms with van der Waals surface area (Å²) in [6.07, 6.45) is 2.47. The Kier molecular flexibility index (Phi) is 1.71. The highest BCUT2D eigenvalue weighted by Crippen LogP contribution is 2.41. The Morgan fingerprint density at radius 3 is 2.71 bits per heavy atom. The Balaban J connectivity index is 2.34. The molecule has 3 heteroatoms. The number of benzene rings is 1. The molecule has 1 aliphatic carbocycles. The van der Waals surface area contributed by atoms with Gasteiger partial charge < -0.3 is 0 Å². The maximum Gasteiger partial charge on any atom is 0.223 e. The first-order valence-electron chi connectivity index (χ1n) is 4.77. The van der Waals surface area contributed by atoms with Crippen LogP contribution in [0.25, 0.3) is 10.9 Å².